The van der Waals surface area contributed by atoms with Crippen molar-refractivity contribution in [3.8, 4) is 0 Å². The second-order valence-electron chi connectivity index (χ2n) is 3.34. The van der Waals surface area contributed by atoms with Crippen LogP contribution >= 0.6 is 0 Å². The van der Waals surface area contributed by atoms with E-state index in [0.717, 1.165) is 6.20 Å². The maximum atomic E-state index is 10.9. The molecule has 0 bridgehead atoms. The van der Waals surface area contributed by atoms with Crippen LogP contribution in [0.5, 0.6) is 0 Å². The van der Waals surface area contributed by atoms with Gasteiger partial charge in [0.2, 0.25) is 11.8 Å². The van der Waals surface area contributed by atoms with E-state index in [1.165, 1.54) is 4.90 Å². The van der Waals surface area contributed by atoms with Crippen molar-refractivity contribution in [2.45, 2.75) is 0 Å². The lowest BCUT2D eigenvalue weighted by Gasteiger charge is -2.21. The van der Waals surface area contributed by atoms with E-state index >= 15 is 0 Å². The van der Waals surface area contributed by atoms with E-state index in [0.29, 0.717) is 0 Å². The first-order chi connectivity index (χ1) is 8.63. The van der Waals surface area contributed by atoms with Crippen LogP contribution in [0.15, 0.2) is 6.20 Å². The molecule has 1 rings (SSSR count). The zero-order chi connectivity index (χ0) is 13.5. The predicted octanol–water partition coefficient (Wildman–Crippen LogP) is -0.783. The van der Waals surface area contributed by atoms with E-state index in [4.69, 9.17) is 10.2 Å². The van der Waals surface area contributed by atoms with Gasteiger partial charge in [0.05, 0.1) is 18.1 Å². The molecule has 1 aromatic rings. The van der Waals surface area contributed by atoms with Crippen LogP contribution in [0, 0.1) is 10.1 Å². The van der Waals surface area contributed by atoms with Crippen LogP contribution in [0.25, 0.3) is 0 Å². The molecular weight excluding hydrogens is 242 g/mol. The lowest BCUT2D eigenvalue weighted by atomic mass is 10.4. The van der Waals surface area contributed by atoms with Crippen molar-refractivity contribution in [3.63, 3.8) is 0 Å². The second kappa shape index (κ2) is 6.67. The molecule has 0 saturated heterocycles. The van der Waals surface area contributed by atoms with Gasteiger partial charge in [0.1, 0.15) is 6.20 Å². The normalized spacial score (nSPS) is 10.2. The standard InChI is InChI=1S/C9H15N5O4/c1-10-9-11-6-7(14(17)18)8(12-9)13(2-4-15)3-5-16/h6,15-16H,2-5H2,1H3,(H,10,11,12). The van der Waals surface area contributed by atoms with Gasteiger partial charge in [0.15, 0.2) is 0 Å². The number of aliphatic hydroxyl groups excluding tert-OH is 2. The van der Waals surface area contributed by atoms with Crippen LogP contribution in [0.1, 0.15) is 0 Å². The average Bonchev–Trinajstić information content (AvgIpc) is 2.37. The fraction of sp³-hybridized carbons (Fsp3) is 0.556. The van der Waals surface area contributed by atoms with Crippen molar-refractivity contribution in [2.24, 2.45) is 0 Å². The van der Waals surface area contributed by atoms with E-state index < -0.39 is 4.92 Å². The molecule has 1 aromatic heterocycles. The Hall–Kier alpha value is -2.00. The molecule has 0 saturated carbocycles. The Morgan fingerprint density at radius 1 is 1.44 bits per heavy atom. The number of aliphatic hydroxyl groups is 2. The van der Waals surface area contributed by atoms with Crippen molar-refractivity contribution in [1.82, 2.24) is 9.97 Å². The van der Waals surface area contributed by atoms with E-state index in [-0.39, 0.29) is 43.8 Å². The van der Waals surface area contributed by atoms with E-state index in [9.17, 15) is 10.1 Å². The fourth-order valence-corrected chi connectivity index (χ4v) is 1.41. The minimum absolute atomic E-state index is 0.0717. The Morgan fingerprint density at radius 2 is 2.06 bits per heavy atom. The first-order valence-corrected chi connectivity index (χ1v) is 5.29. The molecule has 0 aliphatic heterocycles. The van der Waals surface area contributed by atoms with Gasteiger partial charge in [-0.3, -0.25) is 10.1 Å². The lowest BCUT2D eigenvalue weighted by Crippen LogP contribution is -2.31. The summed E-state index contributed by atoms with van der Waals surface area (Å²) in [5.41, 5.74) is -0.268. The molecule has 18 heavy (non-hydrogen) atoms. The first-order valence-electron chi connectivity index (χ1n) is 5.29. The van der Waals surface area contributed by atoms with Gasteiger partial charge in [-0.1, -0.05) is 0 Å². The molecule has 9 nitrogen and oxygen atoms in total. The zero-order valence-electron chi connectivity index (χ0n) is 9.91. The number of nitrogens with one attached hydrogen (secondary N) is 1. The van der Waals surface area contributed by atoms with Gasteiger partial charge in [-0.25, -0.2) is 4.98 Å². The van der Waals surface area contributed by atoms with E-state index in [1.807, 2.05) is 0 Å². The van der Waals surface area contributed by atoms with Crippen molar-refractivity contribution >= 4 is 17.5 Å². The molecule has 0 aliphatic rings. The number of nitrogens with zero attached hydrogens (tertiary/aromatic N) is 4. The Bertz CT molecular complexity index is 408. The third-order valence-corrected chi connectivity index (χ3v) is 2.21. The summed E-state index contributed by atoms with van der Waals surface area (Å²) in [4.78, 5) is 19.5. The van der Waals surface area contributed by atoms with Crippen LogP contribution in [-0.2, 0) is 0 Å². The van der Waals surface area contributed by atoms with Crippen LogP contribution in [0.2, 0.25) is 0 Å². The molecule has 0 spiro atoms. The maximum Gasteiger partial charge on any atom is 0.329 e. The summed E-state index contributed by atoms with van der Waals surface area (Å²) in [6.07, 6.45) is 1.09. The Morgan fingerprint density at radius 3 is 2.50 bits per heavy atom. The number of rotatable bonds is 7. The summed E-state index contributed by atoms with van der Waals surface area (Å²) in [7, 11) is 1.59. The molecule has 3 N–H and O–H groups in total. The third-order valence-electron chi connectivity index (χ3n) is 2.21. The van der Waals surface area contributed by atoms with Crippen LogP contribution in [0.4, 0.5) is 17.5 Å². The SMILES string of the molecule is CNc1ncc([N+](=O)[O-])c(N(CCO)CCO)n1. The molecule has 0 fully saturated rings. The van der Waals surface area contributed by atoms with Crippen molar-refractivity contribution < 1.29 is 15.1 Å². The summed E-state index contributed by atoms with van der Waals surface area (Å²) in [5, 5.41) is 31.4. The second-order valence-corrected chi connectivity index (χ2v) is 3.34. The molecule has 0 unspecified atom stereocenters. The quantitative estimate of drug-likeness (QED) is 0.429. The van der Waals surface area contributed by atoms with E-state index in [1.54, 1.807) is 7.05 Å². The Labute approximate surface area is 103 Å². The number of nitro groups is 1. The number of aromatic nitrogens is 2. The Balaban J connectivity index is 3.18. The highest BCUT2D eigenvalue weighted by Crippen LogP contribution is 2.25. The molecule has 1 heterocycles. The minimum Gasteiger partial charge on any atom is -0.395 e. The smallest absolute Gasteiger partial charge is 0.329 e. The summed E-state index contributed by atoms with van der Waals surface area (Å²) < 4.78 is 0. The van der Waals surface area contributed by atoms with Gasteiger partial charge in [0.25, 0.3) is 0 Å². The molecular formula is C9H15N5O4. The number of anilines is 2. The van der Waals surface area contributed by atoms with Gasteiger partial charge in [-0.05, 0) is 0 Å². The van der Waals surface area contributed by atoms with Gasteiger partial charge in [-0.15, -0.1) is 0 Å². The predicted molar refractivity (Wildman–Crippen MR) is 64.6 cm³/mol. The summed E-state index contributed by atoms with van der Waals surface area (Å²) >= 11 is 0. The lowest BCUT2D eigenvalue weighted by molar-refractivity contribution is -0.384. The molecule has 100 valence electrons. The summed E-state index contributed by atoms with van der Waals surface area (Å²) in [6.45, 7) is -0.116. The third kappa shape index (κ3) is 3.25. The largest absolute Gasteiger partial charge is 0.395 e. The summed E-state index contributed by atoms with van der Waals surface area (Å²) in [6, 6.07) is 0. The van der Waals surface area contributed by atoms with Gasteiger partial charge in [0, 0.05) is 20.1 Å². The van der Waals surface area contributed by atoms with Gasteiger partial charge in [-0.2, -0.15) is 4.98 Å². The molecule has 0 radical (unpaired) electrons. The first kappa shape index (κ1) is 14.1. The highest BCUT2D eigenvalue weighted by Gasteiger charge is 2.22. The monoisotopic (exact) mass is 257 g/mol. The van der Waals surface area contributed by atoms with Crippen LogP contribution < -0.4 is 10.2 Å². The van der Waals surface area contributed by atoms with Crippen molar-refractivity contribution in [1.29, 1.82) is 0 Å². The minimum atomic E-state index is -0.601. The Kier molecular flexibility index (Phi) is 5.21. The molecule has 0 aromatic carbocycles. The summed E-state index contributed by atoms with van der Waals surface area (Å²) in [5.74, 6) is 0.305. The molecule has 0 amide bonds. The molecule has 0 aliphatic carbocycles. The molecule has 9 heteroatoms. The average molecular weight is 257 g/mol. The van der Waals surface area contributed by atoms with Gasteiger partial charge >= 0.3 is 5.69 Å². The zero-order valence-corrected chi connectivity index (χ0v) is 9.91. The van der Waals surface area contributed by atoms with Crippen molar-refractivity contribution in [2.75, 3.05) is 43.6 Å². The topological polar surface area (TPSA) is 125 Å². The maximum absolute atomic E-state index is 10.9. The van der Waals surface area contributed by atoms with Crippen molar-refractivity contribution in [3.05, 3.63) is 16.3 Å². The highest BCUT2D eigenvalue weighted by atomic mass is 16.6. The van der Waals surface area contributed by atoms with Crippen LogP contribution in [0.3, 0.4) is 0 Å². The van der Waals surface area contributed by atoms with Crippen LogP contribution in [-0.4, -0.2) is 58.5 Å². The highest BCUT2D eigenvalue weighted by molar-refractivity contribution is 5.58. The van der Waals surface area contributed by atoms with E-state index in [2.05, 4.69) is 15.3 Å². The van der Waals surface area contributed by atoms with Gasteiger partial charge < -0.3 is 20.4 Å². The number of hydrogen-bond donors (Lipinski definition) is 3. The fourth-order valence-electron chi connectivity index (χ4n) is 1.41. The molecule has 0 atom stereocenters. The number of hydrogen-bond acceptors (Lipinski definition) is 8.